The Morgan fingerprint density at radius 1 is 0.615 bits per heavy atom. The summed E-state index contributed by atoms with van der Waals surface area (Å²) in [5.74, 6) is 0.455. The van der Waals surface area contributed by atoms with Gasteiger partial charge in [0, 0.05) is 11.1 Å². The Balaban J connectivity index is 2.93. The number of allylic oxidation sites excluding steroid dienone is 4. The van der Waals surface area contributed by atoms with Gasteiger partial charge in [0.2, 0.25) is 0 Å². The Morgan fingerprint density at radius 3 is 1.54 bits per heavy atom. The SMILES string of the molecule is C=CCc1c(O)c(-c2ccc(O)cc2)c(CC=C)c(CC=C)c1CC=C. The lowest BCUT2D eigenvalue weighted by atomic mass is 9.82. The average Bonchev–Trinajstić information content (AvgIpc) is 2.63. The topological polar surface area (TPSA) is 40.5 Å². The number of phenolic OH excluding ortho intramolecular Hbond substituents is 2. The van der Waals surface area contributed by atoms with Crippen molar-refractivity contribution in [2.45, 2.75) is 25.7 Å². The molecule has 2 nitrogen and oxygen atoms in total. The van der Waals surface area contributed by atoms with Crippen molar-refractivity contribution in [1.82, 2.24) is 0 Å². The third-order valence-corrected chi connectivity index (χ3v) is 4.47. The van der Waals surface area contributed by atoms with Gasteiger partial charge in [0.05, 0.1) is 0 Å². The quantitative estimate of drug-likeness (QED) is 0.574. The molecule has 0 saturated carbocycles. The van der Waals surface area contributed by atoms with E-state index in [1.807, 2.05) is 30.4 Å². The summed E-state index contributed by atoms with van der Waals surface area (Å²) in [7, 11) is 0. The lowest BCUT2D eigenvalue weighted by Crippen LogP contribution is -2.07. The van der Waals surface area contributed by atoms with Crippen LogP contribution in [-0.2, 0) is 25.7 Å². The van der Waals surface area contributed by atoms with Crippen LogP contribution in [0.1, 0.15) is 22.3 Å². The van der Waals surface area contributed by atoms with Crippen LogP contribution in [0.15, 0.2) is 74.9 Å². The fourth-order valence-corrected chi connectivity index (χ4v) is 3.41. The summed E-state index contributed by atoms with van der Waals surface area (Å²) in [6, 6.07) is 6.90. The van der Waals surface area contributed by atoms with Crippen molar-refractivity contribution in [3.8, 4) is 22.6 Å². The zero-order valence-electron chi connectivity index (χ0n) is 15.2. The number of aromatic hydroxyl groups is 2. The molecule has 0 unspecified atom stereocenters. The molecule has 26 heavy (non-hydrogen) atoms. The van der Waals surface area contributed by atoms with Crippen LogP contribution < -0.4 is 0 Å². The smallest absolute Gasteiger partial charge is 0.127 e. The van der Waals surface area contributed by atoms with Gasteiger partial charge in [0.15, 0.2) is 0 Å². The molecule has 0 fully saturated rings. The van der Waals surface area contributed by atoms with Crippen molar-refractivity contribution in [3.63, 3.8) is 0 Å². The predicted molar refractivity (Wildman–Crippen MR) is 111 cm³/mol. The molecule has 2 aromatic rings. The van der Waals surface area contributed by atoms with Gasteiger partial charge in [-0.1, -0.05) is 36.4 Å². The van der Waals surface area contributed by atoms with Crippen LogP contribution in [0.2, 0.25) is 0 Å². The summed E-state index contributed by atoms with van der Waals surface area (Å²) in [6.07, 6.45) is 9.94. The molecule has 0 atom stereocenters. The minimum absolute atomic E-state index is 0.194. The lowest BCUT2D eigenvalue weighted by Gasteiger charge is -2.23. The highest BCUT2D eigenvalue weighted by Crippen LogP contribution is 2.42. The van der Waals surface area contributed by atoms with E-state index in [4.69, 9.17) is 0 Å². The van der Waals surface area contributed by atoms with Crippen LogP contribution >= 0.6 is 0 Å². The van der Waals surface area contributed by atoms with Gasteiger partial charge >= 0.3 is 0 Å². The van der Waals surface area contributed by atoms with Crippen LogP contribution in [0.4, 0.5) is 0 Å². The second-order valence-electron chi connectivity index (χ2n) is 6.16. The Kier molecular flexibility index (Phi) is 6.62. The maximum absolute atomic E-state index is 11.1. The highest BCUT2D eigenvalue weighted by Gasteiger charge is 2.22. The van der Waals surface area contributed by atoms with E-state index in [0.29, 0.717) is 25.7 Å². The number of benzene rings is 2. The van der Waals surface area contributed by atoms with Gasteiger partial charge in [-0.2, -0.15) is 0 Å². The van der Waals surface area contributed by atoms with Gasteiger partial charge < -0.3 is 10.2 Å². The first-order chi connectivity index (χ1) is 12.6. The zero-order chi connectivity index (χ0) is 19.1. The van der Waals surface area contributed by atoms with Crippen LogP contribution in [0, 0.1) is 0 Å². The molecule has 0 saturated heterocycles. The zero-order valence-corrected chi connectivity index (χ0v) is 15.2. The first-order valence-corrected chi connectivity index (χ1v) is 8.70. The molecule has 0 aromatic heterocycles. The van der Waals surface area contributed by atoms with Crippen molar-refractivity contribution in [1.29, 1.82) is 0 Å². The fourth-order valence-electron chi connectivity index (χ4n) is 3.41. The molecule has 0 aliphatic rings. The highest BCUT2D eigenvalue weighted by atomic mass is 16.3. The Labute approximate surface area is 156 Å². The molecule has 2 rings (SSSR count). The molecule has 0 radical (unpaired) electrons. The number of rotatable bonds is 9. The van der Waals surface area contributed by atoms with E-state index < -0.39 is 0 Å². The molecule has 0 amide bonds. The third-order valence-electron chi connectivity index (χ3n) is 4.47. The molecular formula is C24H26O2. The van der Waals surface area contributed by atoms with Crippen molar-refractivity contribution in [3.05, 3.63) is 97.1 Å². The van der Waals surface area contributed by atoms with Crippen LogP contribution in [0.5, 0.6) is 11.5 Å². The molecule has 2 aromatic carbocycles. The van der Waals surface area contributed by atoms with E-state index in [9.17, 15) is 10.2 Å². The first-order valence-electron chi connectivity index (χ1n) is 8.70. The van der Waals surface area contributed by atoms with Gasteiger partial charge in [-0.25, -0.2) is 0 Å². The summed E-state index contributed by atoms with van der Waals surface area (Å²) < 4.78 is 0. The number of phenols is 2. The molecule has 0 heterocycles. The fraction of sp³-hybridized carbons (Fsp3) is 0.167. The maximum Gasteiger partial charge on any atom is 0.127 e. The predicted octanol–water partition coefficient (Wildman–Crippen LogP) is 5.68. The summed E-state index contributed by atoms with van der Waals surface area (Å²) in [4.78, 5) is 0. The van der Waals surface area contributed by atoms with Gasteiger partial charge in [-0.05, 0) is 60.1 Å². The minimum atomic E-state index is 0.194. The molecule has 2 heteroatoms. The second kappa shape index (κ2) is 8.91. The van der Waals surface area contributed by atoms with Crippen LogP contribution in [0.3, 0.4) is 0 Å². The summed E-state index contributed by atoms with van der Waals surface area (Å²) in [6.45, 7) is 15.5. The molecular weight excluding hydrogens is 320 g/mol. The molecule has 134 valence electrons. The van der Waals surface area contributed by atoms with E-state index >= 15 is 0 Å². The molecule has 0 bridgehead atoms. The van der Waals surface area contributed by atoms with Crippen molar-refractivity contribution in [2.75, 3.05) is 0 Å². The molecule has 0 aliphatic heterocycles. The summed E-state index contributed by atoms with van der Waals surface area (Å²) >= 11 is 0. The average molecular weight is 346 g/mol. The van der Waals surface area contributed by atoms with Crippen molar-refractivity contribution < 1.29 is 10.2 Å². The van der Waals surface area contributed by atoms with Gasteiger partial charge in [0.1, 0.15) is 11.5 Å². The van der Waals surface area contributed by atoms with Gasteiger partial charge in [-0.15, -0.1) is 26.3 Å². The van der Waals surface area contributed by atoms with Crippen LogP contribution in [-0.4, -0.2) is 10.2 Å². The monoisotopic (exact) mass is 346 g/mol. The standard InChI is InChI=1S/C24H26O2/c1-5-9-19-20(10-6-2)22(12-8-4)24(26)23(21(19)11-7-3)17-13-15-18(25)16-14-17/h5-8,13-16,25-26H,1-4,9-12H2. The number of hydrogen-bond donors (Lipinski definition) is 2. The van der Waals surface area contributed by atoms with E-state index in [1.165, 1.54) is 0 Å². The molecule has 0 aliphatic carbocycles. The summed E-state index contributed by atoms with van der Waals surface area (Å²) in [5.41, 5.74) is 5.78. The molecule has 2 N–H and O–H groups in total. The van der Waals surface area contributed by atoms with Gasteiger partial charge in [-0.3, -0.25) is 0 Å². The van der Waals surface area contributed by atoms with Crippen molar-refractivity contribution in [2.24, 2.45) is 0 Å². The van der Waals surface area contributed by atoms with E-state index in [-0.39, 0.29) is 11.5 Å². The summed E-state index contributed by atoms with van der Waals surface area (Å²) in [5, 5.41) is 20.8. The second-order valence-corrected chi connectivity index (χ2v) is 6.16. The van der Waals surface area contributed by atoms with Crippen molar-refractivity contribution >= 4 is 0 Å². The van der Waals surface area contributed by atoms with E-state index in [1.54, 1.807) is 18.2 Å². The third kappa shape index (κ3) is 3.80. The maximum atomic E-state index is 11.1. The van der Waals surface area contributed by atoms with E-state index in [2.05, 4.69) is 26.3 Å². The number of hydrogen-bond acceptors (Lipinski definition) is 2. The largest absolute Gasteiger partial charge is 0.508 e. The first kappa shape index (κ1) is 19.3. The van der Waals surface area contributed by atoms with Gasteiger partial charge in [0.25, 0.3) is 0 Å². The Morgan fingerprint density at radius 2 is 1.04 bits per heavy atom. The Bertz CT molecular complexity index is 827. The minimum Gasteiger partial charge on any atom is -0.508 e. The molecule has 0 spiro atoms. The Hall–Kier alpha value is -3.00. The van der Waals surface area contributed by atoms with Crippen LogP contribution in [0.25, 0.3) is 11.1 Å². The highest BCUT2D eigenvalue weighted by molar-refractivity contribution is 5.79. The van der Waals surface area contributed by atoms with E-state index in [0.717, 1.165) is 33.4 Å². The normalized spacial score (nSPS) is 10.3. The lowest BCUT2D eigenvalue weighted by molar-refractivity contribution is 0.469.